The molecule has 4 heterocycles. The summed E-state index contributed by atoms with van der Waals surface area (Å²) in [5.74, 6) is 1.04. The standard InChI is InChI=1S/C28H31ClFN3O3.C20H27N3O/c1-19(2)22-10-11-31-27(26(22)28(34)35)33-14-12-32(13-15-33)16-20-6-8-21(9-7-20)17-36-18-23-24(29)4-3-5-25(23)30;1-16(2)19-4-3-9-21-20(19)23-12-10-22(11-13-23)14-17-5-7-18(15-24)8-6-17/h3-11,19H,12-18H2,1-2H3,(H,34,35);3-9,16,24H,10-15H2,1-2H3. The molecule has 3 aromatic carbocycles. The van der Waals surface area contributed by atoms with Crippen molar-refractivity contribution in [2.24, 2.45) is 0 Å². The Morgan fingerprint density at radius 2 is 1.20 bits per heavy atom. The molecule has 0 amide bonds. The van der Waals surface area contributed by atoms with Gasteiger partial charge >= 0.3 is 5.97 Å². The third-order valence-corrected chi connectivity index (χ3v) is 11.6. The quantitative estimate of drug-likeness (QED) is 0.113. The number of aliphatic hydroxyl groups excluding tert-OH is 1. The fourth-order valence-corrected chi connectivity index (χ4v) is 7.93. The monoisotopic (exact) mass is 836 g/mol. The number of rotatable bonds is 14. The molecule has 0 bridgehead atoms. The molecule has 0 saturated carbocycles. The third kappa shape index (κ3) is 11.9. The smallest absolute Gasteiger partial charge is 0.339 e. The van der Waals surface area contributed by atoms with Crippen LogP contribution in [0.3, 0.4) is 0 Å². The molecule has 0 unspecified atom stereocenters. The summed E-state index contributed by atoms with van der Waals surface area (Å²) in [5.41, 5.74) is 7.32. The summed E-state index contributed by atoms with van der Waals surface area (Å²) in [4.78, 5) is 30.4. The van der Waals surface area contributed by atoms with Gasteiger partial charge in [-0.3, -0.25) is 9.80 Å². The van der Waals surface area contributed by atoms with Gasteiger partial charge in [0, 0.05) is 88.4 Å². The van der Waals surface area contributed by atoms with Crippen LogP contribution in [0.1, 0.15) is 88.8 Å². The van der Waals surface area contributed by atoms with Gasteiger partial charge < -0.3 is 24.7 Å². The minimum atomic E-state index is -0.926. The van der Waals surface area contributed by atoms with Crippen LogP contribution in [0.2, 0.25) is 5.02 Å². The topological polar surface area (TPSA) is 106 Å². The average molecular weight is 837 g/mol. The van der Waals surface area contributed by atoms with E-state index in [1.807, 2.05) is 50.4 Å². The van der Waals surface area contributed by atoms with Crippen LogP contribution < -0.4 is 9.80 Å². The zero-order valence-corrected chi connectivity index (χ0v) is 36.0. The zero-order valence-electron chi connectivity index (χ0n) is 35.2. The number of aliphatic hydroxyl groups is 1. The molecule has 0 aliphatic carbocycles. The number of benzene rings is 3. The largest absolute Gasteiger partial charge is 0.478 e. The molecule has 0 atom stereocenters. The number of anilines is 2. The Hall–Kier alpha value is -4.91. The molecule has 2 aliphatic heterocycles. The first-order valence-electron chi connectivity index (χ1n) is 20.9. The van der Waals surface area contributed by atoms with E-state index in [0.717, 1.165) is 88.0 Å². The van der Waals surface area contributed by atoms with Crippen molar-refractivity contribution in [1.82, 2.24) is 19.8 Å². The summed E-state index contributed by atoms with van der Waals surface area (Å²) in [6, 6.07) is 27.1. The summed E-state index contributed by atoms with van der Waals surface area (Å²) in [7, 11) is 0. The van der Waals surface area contributed by atoms with E-state index in [9.17, 15) is 14.3 Å². The van der Waals surface area contributed by atoms with E-state index < -0.39 is 5.97 Å². The Morgan fingerprint density at radius 1 is 0.667 bits per heavy atom. The van der Waals surface area contributed by atoms with Gasteiger partial charge in [-0.05, 0) is 69.5 Å². The van der Waals surface area contributed by atoms with Gasteiger partial charge in [-0.2, -0.15) is 0 Å². The van der Waals surface area contributed by atoms with Crippen molar-refractivity contribution in [2.45, 2.75) is 72.4 Å². The number of aromatic nitrogens is 2. The van der Waals surface area contributed by atoms with Crippen LogP contribution in [0.5, 0.6) is 0 Å². The van der Waals surface area contributed by atoms with Gasteiger partial charge in [0.05, 0.1) is 19.8 Å². The minimum absolute atomic E-state index is 0.112. The van der Waals surface area contributed by atoms with Crippen LogP contribution in [0.15, 0.2) is 97.3 Å². The highest BCUT2D eigenvalue weighted by Gasteiger charge is 2.26. The number of hydrogen-bond donors (Lipinski definition) is 2. The molecule has 2 saturated heterocycles. The molecule has 5 aromatic rings. The molecule has 10 nitrogen and oxygen atoms in total. The van der Waals surface area contributed by atoms with E-state index in [0.29, 0.717) is 34.5 Å². The first kappa shape index (κ1) is 44.6. The van der Waals surface area contributed by atoms with Crippen molar-refractivity contribution in [3.05, 3.63) is 153 Å². The number of carbonyl (C=O) groups is 1. The van der Waals surface area contributed by atoms with Crippen molar-refractivity contribution in [2.75, 3.05) is 62.2 Å². The van der Waals surface area contributed by atoms with E-state index in [-0.39, 0.29) is 24.9 Å². The first-order chi connectivity index (χ1) is 29.0. The number of nitrogens with zero attached hydrogens (tertiary/aromatic N) is 6. The van der Waals surface area contributed by atoms with E-state index in [1.165, 1.54) is 22.8 Å². The SMILES string of the molecule is CC(C)c1cccnc1N1CCN(Cc2ccc(CO)cc2)CC1.CC(C)c1ccnc(N2CCN(Cc3ccc(COCc4c(F)cccc4Cl)cc3)CC2)c1C(=O)O. The van der Waals surface area contributed by atoms with Crippen LogP contribution in [0.25, 0.3) is 0 Å². The Morgan fingerprint density at radius 3 is 1.73 bits per heavy atom. The number of carboxylic acids is 1. The van der Waals surface area contributed by atoms with Gasteiger partial charge in [-0.15, -0.1) is 0 Å². The Kier molecular flexibility index (Phi) is 16.0. The molecule has 2 aromatic heterocycles. The van der Waals surface area contributed by atoms with Crippen LogP contribution >= 0.6 is 11.6 Å². The molecule has 2 aliphatic rings. The number of carboxylic acid groups (broad SMARTS) is 1. The van der Waals surface area contributed by atoms with Crippen molar-refractivity contribution in [1.29, 1.82) is 0 Å². The normalized spacial score (nSPS) is 15.0. The summed E-state index contributed by atoms with van der Waals surface area (Å²) >= 11 is 6.05. The van der Waals surface area contributed by atoms with E-state index in [2.05, 4.69) is 73.7 Å². The van der Waals surface area contributed by atoms with E-state index in [4.69, 9.17) is 21.4 Å². The van der Waals surface area contributed by atoms with Crippen molar-refractivity contribution in [3.63, 3.8) is 0 Å². The second kappa shape index (κ2) is 21.6. The number of hydrogen-bond acceptors (Lipinski definition) is 9. The Balaban J connectivity index is 0.000000218. The number of aromatic carboxylic acids is 1. The van der Waals surface area contributed by atoms with Crippen LogP contribution in [0.4, 0.5) is 16.0 Å². The number of piperazine rings is 2. The van der Waals surface area contributed by atoms with Gasteiger partial charge in [-0.1, -0.05) is 100.0 Å². The van der Waals surface area contributed by atoms with Crippen LogP contribution in [0, 0.1) is 5.82 Å². The molecule has 2 fully saturated rings. The van der Waals surface area contributed by atoms with Gasteiger partial charge in [0.25, 0.3) is 0 Å². The maximum atomic E-state index is 13.9. The predicted octanol–water partition coefficient (Wildman–Crippen LogP) is 8.75. The molecular formula is C48H58ClFN6O4. The highest BCUT2D eigenvalue weighted by Crippen LogP contribution is 2.29. The van der Waals surface area contributed by atoms with Crippen LogP contribution in [-0.4, -0.2) is 88.3 Å². The van der Waals surface area contributed by atoms with Crippen molar-refractivity contribution < 1.29 is 24.1 Å². The molecule has 0 radical (unpaired) electrons. The molecule has 12 heteroatoms. The van der Waals surface area contributed by atoms with E-state index >= 15 is 0 Å². The predicted molar refractivity (Wildman–Crippen MR) is 237 cm³/mol. The fourth-order valence-electron chi connectivity index (χ4n) is 7.71. The maximum absolute atomic E-state index is 13.9. The van der Waals surface area contributed by atoms with Crippen molar-refractivity contribution >= 4 is 29.2 Å². The molecule has 60 heavy (non-hydrogen) atoms. The van der Waals surface area contributed by atoms with Crippen molar-refractivity contribution in [3.8, 4) is 0 Å². The lowest BCUT2D eigenvalue weighted by Crippen LogP contribution is -2.46. The summed E-state index contributed by atoms with van der Waals surface area (Å²) in [6.45, 7) is 18.1. The first-order valence-corrected chi connectivity index (χ1v) is 21.3. The minimum Gasteiger partial charge on any atom is -0.478 e. The summed E-state index contributed by atoms with van der Waals surface area (Å²) in [6.07, 6.45) is 3.61. The number of ether oxygens (including phenoxy) is 1. The Labute approximate surface area is 359 Å². The molecule has 318 valence electrons. The fraction of sp³-hybridized carbons (Fsp3) is 0.396. The second-order valence-corrected chi connectivity index (χ2v) is 16.5. The summed E-state index contributed by atoms with van der Waals surface area (Å²) in [5, 5.41) is 19.3. The molecule has 2 N–H and O–H groups in total. The average Bonchev–Trinajstić information content (AvgIpc) is 3.26. The molecule has 7 rings (SSSR count). The second-order valence-electron chi connectivity index (χ2n) is 16.1. The number of pyridine rings is 2. The number of halogens is 2. The molecule has 0 spiro atoms. The lowest BCUT2D eigenvalue weighted by molar-refractivity contribution is 0.0695. The van der Waals surface area contributed by atoms with Gasteiger partial charge in [-0.25, -0.2) is 19.2 Å². The zero-order chi connectivity index (χ0) is 42.6. The Bertz CT molecular complexity index is 2120. The highest BCUT2D eigenvalue weighted by molar-refractivity contribution is 6.31. The summed E-state index contributed by atoms with van der Waals surface area (Å²) < 4.78 is 19.5. The molecular weight excluding hydrogens is 779 g/mol. The van der Waals surface area contributed by atoms with E-state index in [1.54, 1.807) is 24.4 Å². The third-order valence-electron chi connectivity index (χ3n) is 11.2. The lowest BCUT2D eigenvalue weighted by Gasteiger charge is -2.36. The van der Waals surface area contributed by atoms with Crippen LogP contribution in [-0.2, 0) is 37.6 Å². The van der Waals surface area contributed by atoms with Gasteiger partial charge in [0.1, 0.15) is 23.0 Å². The maximum Gasteiger partial charge on any atom is 0.339 e. The lowest BCUT2D eigenvalue weighted by atomic mass is 9.98. The highest BCUT2D eigenvalue weighted by atomic mass is 35.5. The van der Waals surface area contributed by atoms with Gasteiger partial charge in [0.15, 0.2) is 0 Å². The van der Waals surface area contributed by atoms with Gasteiger partial charge in [0.2, 0.25) is 0 Å².